The van der Waals surface area contributed by atoms with E-state index in [0.29, 0.717) is 17.0 Å². The maximum Gasteiger partial charge on any atom is 0.262 e. The van der Waals surface area contributed by atoms with Crippen LogP contribution in [-0.2, 0) is 4.79 Å². The Hall–Kier alpha value is -3.70. The zero-order chi connectivity index (χ0) is 19.5. The van der Waals surface area contributed by atoms with Crippen LogP contribution in [0.1, 0.15) is 11.1 Å². The molecule has 0 fully saturated rings. The number of nitrogens with one attached hydrogen (secondary N) is 1. The molecule has 1 amide bonds. The molecule has 138 valence electrons. The number of hydrogen-bond donors (Lipinski definition) is 1. The molecule has 0 saturated carbocycles. The highest BCUT2D eigenvalue weighted by Gasteiger charge is 2.17. The van der Waals surface area contributed by atoms with Crippen molar-refractivity contribution in [2.75, 3.05) is 19.0 Å². The fourth-order valence-corrected chi connectivity index (χ4v) is 3.58. The summed E-state index contributed by atoms with van der Waals surface area (Å²) in [4.78, 5) is 16.6. The molecular formula is C20H15N5O2S. The van der Waals surface area contributed by atoms with Crippen LogP contribution >= 0.6 is 11.3 Å². The van der Waals surface area contributed by atoms with Gasteiger partial charge in [0.2, 0.25) is 4.80 Å². The smallest absolute Gasteiger partial charge is 0.262 e. The zero-order valence-corrected chi connectivity index (χ0v) is 15.7. The molecule has 2 heterocycles. The van der Waals surface area contributed by atoms with Gasteiger partial charge in [0.1, 0.15) is 5.75 Å². The number of nitriles is 1. The average Bonchev–Trinajstić information content (AvgIpc) is 3.15. The molecule has 8 heteroatoms. The minimum Gasteiger partial charge on any atom is -0.482 e. The molecule has 0 saturated heterocycles. The molecule has 3 aromatic rings. The fraction of sp³-hybridized carbons (Fsp3) is 0.100. The molecule has 0 unspecified atom stereocenters. The average molecular weight is 389 g/mol. The third kappa shape index (κ3) is 3.43. The highest BCUT2D eigenvalue weighted by atomic mass is 32.1. The van der Waals surface area contributed by atoms with Crippen molar-refractivity contribution in [2.24, 2.45) is 10.1 Å². The first-order valence-electron chi connectivity index (χ1n) is 8.43. The van der Waals surface area contributed by atoms with Gasteiger partial charge < -0.3 is 10.1 Å². The van der Waals surface area contributed by atoms with Crippen molar-refractivity contribution in [1.82, 2.24) is 4.68 Å². The summed E-state index contributed by atoms with van der Waals surface area (Å²) in [6.45, 7) is 0.0263. The Labute approximate surface area is 164 Å². The van der Waals surface area contributed by atoms with Crippen LogP contribution in [-0.4, -0.2) is 30.5 Å². The molecule has 2 aromatic carbocycles. The normalized spacial score (nSPS) is 13.7. The lowest BCUT2D eigenvalue weighted by Gasteiger charge is -2.18. The predicted octanol–water partition coefficient (Wildman–Crippen LogP) is 2.83. The molecule has 1 aliphatic rings. The van der Waals surface area contributed by atoms with E-state index in [0.717, 1.165) is 21.6 Å². The van der Waals surface area contributed by atoms with Gasteiger partial charge in [-0.05, 0) is 35.9 Å². The van der Waals surface area contributed by atoms with Crippen LogP contribution in [0.25, 0.3) is 11.3 Å². The number of hydrogen-bond acceptors (Lipinski definition) is 6. The minimum absolute atomic E-state index is 0.0263. The first kappa shape index (κ1) is 17.7. The first-order chi connectivity index (χ1) is 13.7. The summed E-state index contributed by atoms with van der Waals surface area (Å²) in [6, 6.07) is 14.9. The fourth-order valence-electron chi connectivity index (χ4n) is 2.77. The summed E-state index contributed by atoms with van der Waals surface area (Å²) in [6.07, 6.45) is 1.72. The molecule has 0 radical (unpaired) electrons. The molecule has 4 rings (SSSR count). The molecule has 7 nitrogen and oxygen atoms in total. The Bertz CT molecular complexity index is 1180. The summed E-state index contributed by atoms with van der Waals surface area (Å²) < 4.78 is 7.17. The van der Waals surface area contributed by atoms with Gasteiger partial charge in [-0.1, -0.05) is 12.1 Å². The topological polar surface area (TPSA) is 91.8 Å². The number of benzene rings is 2. The van der Waals surface area contributed by atoms with Crippen LogP contribution in [0, 0.1) is 11.3 Å². The van der Waals surface area contributed by atoms with Crippen molar-refractivity contribution >= 4 is 29.1 Å². The second-order valence-electron chi connectivity index (χ2n) is 5.97. The van der Waals surface area contributed by atoms with Crippen molar-refractivity contribution in [2.45, 2.75) is 0 Å². The molecular weight excluding hydrogens is 374 g/mol. The van der Waals surface area contributed by atoms with Crippen molar-refractivity contribution in [3.8, 4) is 23.1 Å². The number of rotatable bonds is 3. The molecule has 0 bridgehead atoms. The van der Waals surface area contributed by atoms with Crippen LogP contribution in [0.3, 0.4) is 0 Å². The number of nitrogens with zero attached hydrogens (tertiary/aromatic N) is 4. The van der Waals surface area contributed by atoms with Crippen molar-refractivity contribution in [3.05, 3.63) is 63.8 Å². The van der Waals surface area contributed by atoms with E-state index in [2.05, 4.69) is 21.5 Å². The summed E-state index contributed by atoms with van der Waals surface area (Å²) in [5.74, 6) is 0.470. The monoisotopic (exact) mass is 389 g/mol. The molecule has 28 heavy (non-hydrogen) atoms. The summed E-state index contributed by atoms with van der Waals surface area (Å²) >= 11 is 1.47. The van der Waals surface area contributed by atoms with Gasteiger partial charge in [-0.15, -0.1) is 11.3 Å². The molecule has 0 spiro atoms. The van der Waals surface area contributed by atoms with Crippen LogP contribution in [0.15, 0.2) is 57.9 Å². The zero-order valence-electron chi connectivity index (χ0n) is 14.9. The summed E-state index contributed by atoms with van der Waals surface area (Å²) in [5, 5.41) is 18.3. The Balaban J connectivity index is 1.72. The predicted molar refractivity (Wildman–Crippen MR) is 108 cm³/mol. The summed E-state index contributed by atoms with van der Waals surface area (Å²) in [7, 11) is 1.71. The van der Waals surface area contributed by atoms with Gasteiger partial charge in [0.15, 0.2) is 6.61 Å². The third-order valence-electron chi connectivity index (χ3n) is 4.15. The van der Waals surface area contributed by atoms with E-state index in [9.17, 15) is 4.79 Å². The number of carbonyl (C=O) groups excluding carboxylic acids is 1. The molecule has 1 aromatic heterocycles. The van der Waals surface area contributed by atoms with E-state index < -0.39 is 0 Å². The second kappa shape index (κ2) is 7.50. The largest absolute Gasteiger partial charge is 0.482 e. The van der Waals surface area contributed by atoms with Crippen LogP contribution in [0.2, 0.25) is 0 Å². The van der Waals surface area contributed by atoms with E-state index >= 15 is 0 Å². The molecule has 1 aliphatic heterocycles. The van der Waals surface area contributed by atoms with Gasteiger partial charge in [0.25, 0.3) is 5.91 Å². The van der Waals surface area contributed by atoms with Crippen LogP contribution < -0.4 is 14.9 Å². The molecule has 0 atom stereocenters. The van der Waals surface area contributed by atoms with Crippen molar-refractivity contribution in [1.29, 1.82) is 5.26 Å². The number of aromatic nitrogens is 1. The Kier molecular flexibility index (Phi) is 4.74. The quantitative estimate of drug-likeness (QED) is 0.698. The van der Waals surface area contributed by atoms with Gasteiger partial charge in [-0.25, -0.2) is 4.68 Å². The van der Waals surface area contributed by atoms with Crippen LogP contribution in [0.4, 0.5) is 5.69 Å². The van der Waals surface area contributed by atoms with E-state index in [1.807, 2.05) is 35.7 Å². The van der Waals surface area contributed by atoms with Crippen molar-refractivity contribution in [3.63, 3.8) is 0 Å². The minimum atomic E-state index is -0.175. The molecule has 0 aliphatic carbocycles. The lowest BCUT2D eigenvalue weighted by Crippen LogP contribution is -2.25. The second-order valence-corrected chi connectivity index (χ2v) is 6.80. The third-order valence-corrected chi connectivity index (χ3v) is 5.05. The SMILES string of the molecule is CN=c1scc(-c2ccc3c(c2)NC(=O)CO3)n1N=Cc1ccc(C#N)cc1. The van der Waals surface area contributed by atoms with Gasteiger partial charge >= 0.3 is 0 Å². The maximum absolute atomic E-state index is 11.6. The van der Waals surface area contributed by atoms with Gasteiger partial charge in [-0.2, -0.15) is 10.4 Å². The summed E-state index contributed by atoms with van der Waals surface area (Å²) in [5.41, 5.74) is 3.84. The first-order valence-corrected chi connectivity index (χ1v) is 9.31. The van der Waals surface area contributed by atoms with Gasteiger partial charge in [0, 0.05) is 18.0 Å². The number of thiazole rings is 1. The highest BCUT2D eigenvalue weighted by molar-refractivity contribution is 7.07. The highest BCUT2D eigenvalue weighted by Crippen LogP contribution is 2.32. The Morgan fingerprint density at radius 1 is 1.29 bits per heavy atom. The number of amides is 1. The van der Waals surface area contributed by atoms with E-state index in [1.165, 1.54) is 11.3 Å². The van der Waals surface area contributed by atoms with E-state index in [4.69, 9.17) is 10.00 Å². The lowest BCUT2D eigenvalue weighted by molar-refractivity contribution is -0.118. The number of carbonyl (C=O) groups is 1. The maximum atomic E-state index is 11.6. The Morgan fingerprint density at radius 2 is 2.11 bits per heavy atom. The van der Waals surface area contributed by atoms with Gasteiger partial charge in [-0.3, -0.25) is 9.79 Å². The van der Waals surface area contributed by atoms with Crippen molar-refractivity contribution < 1.29 is 9.53 Å². The van der Waals surface area contributed by atoms with Crippen LogP contribution in [0.5, 0.6) is 5.75 Å². The Morgan fingerprint density at radius 3 is 2.86 bits per heavy atom. The number of anilines is 1. The van der Waals surface area contributed by atoms with E-state index in [1.54, 1.807) is 30.1 Å². The van der Waals surface area contributed by atoms with E-state index in [-0.39, 0.29) is 12.5 Å². The molecule has 1 N–H and O–H groups in total. The number of fused-ring (bicyclic) bond motifs is 1. The number of ether oxygens (including phenoxy) is 1. The standard InChI is InChI=1S/C20H15N5O2S/c1-22-20-25(23-10-14-4-2-13(9-21)3-5-14)17(12-28-20)15-6-7-18-16(8-15)24-19(26)11-27-18/h2-8,10,12H,11H2,1H3,(H,24,26). The lowest BCUT2D eigenvalue weighted by atomic mass is 10.1. The van der Waals surface area contributed by atoms with Gasteiger partial charge in [0.05, 0.1) is 29.2 Å².